The average Bonchev–Trinajstić information content (AvgIpc) is 2.02. The number of hydrogen-bond acceptors (Lipinski definition) is 3. The van der Waals surface area contributed by atoms with Gasteiger partial charge in [0.2, 0.25) is 0 Å². The van der Waals surface area contributed by atoms with Crippen molar-refractivity contribution in [2.45, 2.75) is 58.0 Å². The molecule has 3 nitrogen and oxygen atoms in total. The van der Waals surface area contributed by atoms with Gasteiger partial charge in [0, 0.05) is 11.6 Å². The molecule has 0 bridgehead atoms. The molecule has 0 aromatic rings. The van der Waals surface area contributed by atoms with Gasteiger partial charge in [-0.2, -0.15) is 0 Å². The Hall–Kier alpha value is -0.570. The highest BCUT2D eigenvalue weighted by Gasteiger charge is 2.24. The van der Waals surface area contributed by atoms with E-state index in [2.05, 4.69) is 31.2 Å². The molecule has 1 atom stereocenters. The summed E-state index contributed by atoms with van der Waals surface area (Å²) >= 11 is 0. The Kier molecular flexibility index (Phi) is 3.31. The summed E-state index contributed by atoms with van der Waals surface area (Å²) < 4.78 is 0. The first kappa shape index (κ1) is 10.5. The maximum atomic E-state index is 8.81. The van der Waals surface area contributed by atoms with Crippen molar-refractivity contribution in [2.75, 3.05) is 0 Å². The zero-order valence-corrected chi connectivity index (χ0v) is 8.80. The van der Waals surface area contributed by atoms with Crippen LogP contribution in [-0.2, 0) is 0 Å². The van der Waals surface area contributed by atoms with Crippen LogP contribution in [0.4, 0.5) is 0 Å². The summed E-state index contributed by atoms with van der Waals surface area (Å²) in [5, 5.41) is 15.6. The lowest BCUT2D eigenvalue weighted by Gasteiger charge is -2.31. The highest BCUT2D eigenvalue weighted by atomic mass is 16.4. The topological polar surface area (TPSA) is 44.6 Å². The largest absolute Gasteiger partial charge is 0.411 e. The molecule has 3 heteroatoms. The summed E-state index contributed by atoms with van der Waals surface area (Å²) in [6, 6.07) is 0.277. The van der Waals surface area contributed by atoms with E-state index >= 15 is 0 Å². The van der Waals surface area contributed by atoms with Gasteiger partial charge in [-0.15, -0.1) is 0 Å². The molecule has 0 aromatic carbocycles. The maximum absolute atomic E-state index is 8.81. The van der Waals surface area contributed by atoms with Crippen molar-refractivity contribution >= 4 is 5.71 Å². The second-order valence-corrected chi connectivity index (χ2v) is 4.78. The lowest BCUT2D eigenvalue weighted by atomic mass is 9.91. The van der Waals surface area contributed by atoms with E-state index in [9.17, 15) is 0 Å². The summed E-state index contributed by atoms with van der Waals surface area (Å²) in [6.07, 6.45) is 4.41. The van der Waals surface area contributed by atoms with Crippen LogP contribution in [-0.4, -0.2) is 22.5 Å². The SMILES string of the molecule is CC(C)(C)NC1CCCC/C1=N/O. The van der Waals surface area contributed by atoms with Crippen LogP contribution in [0.15, 0.2) is 5.16 Å². The molecule has 1 unspecified atom stereocenters. The highest BCUT2D eigenvalue weighted by molar-refractivity contribution is 5.89. The Morgan fingerprint density at radius 1 is 1.38 bits per heavy atom. The summed E-state index contributed by atoms with van der Waals surface area (Å²) in [4.78, 5) is 0. The number of rotatable bonds is 1. The molecular weight excluding hydrogens is 164 g/mol. The normalized spacial score (nSPS) is 27.9. The van der Waals surface area contributed by atoms with E-state index in [1.807, 2.05) is 0 Å². The number of nitrogens with one attached hydrogen (secondary N) is 1. The first-order valence-electron chi connectivity index (χ1n) is 5.01. The van der Waals surface area contributed by atoms with Gasteiger partial charge in [0.1, 0.15) is 0 Å². The molecule has 1 aliphatic carbocycles. The second kappa shape index (κ2) is 4.09. The monoisotopic (exact) mass is 184 g/mol. The fourth-order valence-electron chi connectivity index (χ4n) is 1.79. The first-order chi connectivity index (χ1) is 6.03. The second-order valence-electron chi connectivity index (χ2n) is 4.78. The minimum absolute atomic E-state index is 0.0952. The predicted octanol–water partition coefficient (Wildman–Crippen LogP) is 2.15. The standard InChI is InChI=1S/C10H20N2O/c1-10(2,3)11-8-6-4-5-7-9(8)12-13/h8,11,13H,4-7H2,1-3H3/b12-9-. The van der Waals surface area contributed by atoms with Crippen LogP contribution in [0.25, 0.3) is 0 Å². The predicted molar refractivity (Wildman–Crippen MR) is 54.4 cm³/mol. The zero-order chi connectivity index (χ0) is 9.90. The Bertz CT molecular complexity index is 194. The van der Waals surface area contributed by atoms with Crippen LogP contribution >= 0.6 is 0 Å². The summed E-state index contributed by atoms with van der Waals surface area (Å²) in [7, 11) is 0. The van der Waals surface area contributed by atoms with Crippen LogP contribution in [0.3, 0.4) is 0 Å². The summed E-state index contributed by atoms with van der Waals surface area (Å²) in [5.41, 5.74) is 1.01. The molecule has 0 spiro atoms. The van der Waals surface area contributed by atoms with Gasteiger partial charge in [-0.3, -0.25) is 0 Å². The summed E-state index contributed by atoms with van der Waals surface area (Å²) in [6.45, 7) is 6.41. The number of oxime groups is 1. The third-order valence-electron chi connectivity index (χ3n) is 2.31. The van der Waals surface area contributed by atoms with Crippen molar-refractivity contribution in [3.05, 3.63) is 0 Å². The quantitative estimate of drug-likeness (QED) is 0.484. The van der Waals surface area contributed by atoms with Gasteiger partial charge >= 0.3 is 0 Å². The molecule has 1 fully saturated rings. The fraction of sp³-hybridized carbons (Fsp3) is 0.900. The van der Waals surface area contributed by atoms with Gasteiger partial charge in [-0.25, -0.2) is 0 Å². The molecule has 1 rings (SSSR count). The molecule has 1 aliphatic rings. The van der Waals surface area contributed by atoms with Crippen LogP contribution in [0, 0.1) is 0 Å². The van der Waals surface area contributed by atoms with Crippen LogP contribution in [0.1, 0.15) is 46.5 Å². The van der Waals surface area contributed by atoms with E-state index in [1.165, 1.54) is 6.42 Å². The van der Waals surface area contributed by atoms with Crippen molar-refractivity contribution in [2.24, 2.45) is 5.16 Å². The number of nitrogens with zero attached hydrogens (tertiary/aromatic N) is 1. The van der Waals surface area contributed by atoms with E-state index in [0.29, 0.717) is 0 Å². The van der Waals surface area contributed by atoms with Gasteiger partial charge in [-0.05, 0) is 40.0 Å². The molecule has 13 heavy (non-hydrogen) atoms. The molecule has 0 amide bonds. The Morgan fingerprint density at radius 3 is 2.62 bits per heavy atom. The van der Waals surface area contributed by atoms with Crippen molar-refractivity contribution in [1.29, 1.82) is 0 Å². The third-order valence-corrected chi connectivity index (χ3v) is 2.31. The van der Waals surface area contributed by atoms with Gasteiger partial charge < -0.3 is 10.5 Å². The summed E-state index contributed by atoms with van der Waals surface area (Å²) in [5.74, 6) is 0. The van der Waals surface area contributed by atoms with Crippen LogP contribution in [0.2, 0.25) is 0 Å². The molecular formula is C10H20N2O. The Balaban J connectivity index is 2.56. The minimum atomic E-state index is 0.0952. The van der Waals surface area contributed by atoms with Crippen molar-refractivity contribution in [1.82, 2.24) is 5.32 Å². The molecule has 0 saturated heterocycles. The molecule has 76 valence electrons. The molecule has 0 heterocycles. The molecule has 2 N–H and O–H groups in total. The van der Waals surface area contributed by atoms with Gasteiger partial charge in [0.15, 0.2) is 0 Å². The lowest BCUT2D eigenvalue weighted by molar-refractivity contribution is 0.303. The minimum Gasteiger partial charge on any atom is -0.411 e. The van der Waals surface area contributed by atoms with Crippen LogP contribution < -0.4 is 5.32 Å². The zero-order valence-electron chi connectivity index (χ0n) is 8.80. The molecule has 0 radical (unpaired) electrons. The van der Waals surface area contributed by atoms with Gasteiger partial charge in [0.25, 0.3) is 0 Å². The van der Waals surface area contributed by atoms with Crippen molar-refractivity contribution in [3.8, 4) is 0 Å². The molecule has 0 aromatic heterocycles. The van der Waals surface area contributed by atoms with Gasteiger partial charge in [0.05, 0.1) is 5.71 Å². The van der Waals surface area contributed by atoms with E-state index < -0.39 is 0 Å². The first-order valence-corrected chi connectivity index (χ1v) is 5.01. The van der Waals surface area contributed by atoms with E-state index in [1.54, 1.807) is 0 Å². The van der Waals surface area contributed by atoms with Crippen LogP contribution in [0.5, 0.6) is 0 Å². The fourth-order valence-corrected chi connectivity index (χ4v) is 1.79. The lowest BCUT2D eigenvalue weighted by Crippen LogP contribution is -2.48. The Morgan fingerprint density at radius 2 is 2.08 bits per heavy atom. The van der Waals surface area contributed by atoms with E-state index in [4.69, 9.17) is 5.21 Å². The highest BCUT2D eigenvalue weighted by Crippen LogP contribution is 2.18. The van der Waals surface area contributed by atoms with E-state index in [-0.39, 0.29) is 11.6 Å². The van der Waals surface area contributed by atoms with E-state index in [0.717, 1.165) is 25.0 Å². The Labute approximate surface area is 80.2 Å². The average molecular weight is 184 g/mol. The molecule has 1 saturated carbocycles. The van der Waals surface area contributed by atoms with Gasteiger partial charge in [-0.1, -0.05) is 11.6 Å². The maximum Gasteiger partial charge on any atom is 0.0739 e. The number of hydrogen-bond donors (Lipinski definition) is 2. The smallest absolute Gasteiger partial charge is 0.0739 e. The van der Waals surface area contributed by atoms with Crippen molar-refractivity contribution in [3.63, 3.8) is 0 Å². The molecule has 0 aliphatic heterocycles. The third kappa shape index (κ3) is 3.35. The van der Waals surface area contributed by atoms with Crippen molar-refractivity contribution < 1.29 is 5.21 Å².